The van der Waals surface area contributed by atoms with Gasteiger partial charge in [-0.1, -0.05) is 17.7 Å². The minimum atomic E-state index is -3.97. The van der Waals surface area contributed by atoms with Crippen LogP contribution in [0.25, 0.3) is 0 Å². The molecule has 2 atom stereocenters. The summed E-state index contributed by atoms with van der Waals surface area (Å²) < 4.78 is 48.5. The summed E-state index contributed by atoms with van der Waals surface area (Å²) >= 11 is 0. The highest BCUT2D eigenvalue weighted by atomic mass is 32.2. The number of amides is 1. The van der Waals surface area contributed by atoms with Gasteiger partial charge in [-0.3, -0.25) is 9.08 Å². The minimum absolute atomic E-state index is 0.0165. The average Bonchev–Trinajstić information content (AvgIpc) is 2.85. The van der Waals surface area contributed by atoms with Crippen LogP contribution in [0, 0.1) is 6.92 Å². The van der Waals surface area contributed by atoms with Gasteiger partial charge in [0.05, 0.1) is 24.1 Å². The molecule has 8 heteroatoms. The predicted molar refractivity (Wildman–Crippen MR) is 90.6 cm³/mol. The molecule has 2 rings (SSSR count). The number of ether oxygens (including phenoxy) is 1. The fourth-order valence-corrected chi connectivity index (χ4v) is 3.44. The van der Waals surface area contributed by atoms with Crippen molar-refractivity contribution in [2.45, 2.75) is 56.8 Å². The van der Waals surface area contributed by atoms with E-state index < -0.39 is 34.0 Å². The van der Waals surface area contributed by atoms with Crippen molar-refractivity contribution in [3.05, 3.63) is 29.8 Å². The van der Waals surface area contributed by atoms with E-state index in [2.05, 4.69) is 0 Å². The molecule has 1 aromatic rings. The van der Waals surface area contributed by atoms with Crippen molar-refractivity contribution in [1.82, 2.24) is 4.90 Å². The molecule has 0 N–H and O–H groups in total. The number of hydrogen-bond acceptors (Lipinski definition) is 5. The van der Waals surface area contributed by atoms with E-state index in [1.807, 2.05) is 6.92 Å². The van der Waals surface area contributed by atoms with E-state index in [4.69, 9.17) is 8.92 Å². The van der Waals surface area contributed by atoms with Gasteiger partial charge in [0.1, 0.15) is 11.8 Å². The lowest BCUT2D eigenvalue weighted by Crippen LogP contribution is -2.42. The third kappa shape index (κ3) is 5.40. The van der Waals surface area contributed by atoms with Gasteiger partial charge in [0.25, 0.3) is 10.1 Å². The van der Waals surface area contributed by atoms with Crippen molar-refractivity contribution < 1.29 is 26.5 Å². The first kappa shape index (κ1) is 19.7. The first-order valence-electron chi connectivity index (χ1n) is 8.08. The molecule has 0 spiro atoms. The second-order valence-electron chi connectivity index (χ2n) is 7.17. The first-order chi connectivity index (χ1) is 11.5. The topological polar surface area (TPSA) is 72.9 Å². The zero-order valence-electron chi connectivity index (χ0n) is 14.9. The quantitative estimate of drug-likeness (QED) is 0.759. The number of rotatable bonds is 4. The van der Waals surface area contributed by atoms with Crippen molar-refractivity contribution in [1.29, 1.82) is 0 Å². The molecule has 1 aliphatic rings. The minimum Gasteiger partial charge on any atom is -0.444 e. The molecule has 1 aromatic carbocycles. The molecule has 1 fully saturated rings. The number of carbonyl (C=O) groups excluding carboxylic acids is 1. The van der Waals surface area contributed by atoms with Crippen molar-refractivity contribution in [2.75, 3.05) is 13.2 Å². The lowest BCUT2D eigenvalue weighted by molar-refractivity contribution is 0.0182. The summed E-state index contributed by atoms with van der Waals surface area (Å²) in [5.74, 6) is 0. The number of nitrogens with zero attached hydrogens (tertiary/aromatic N) is 1. The Hall–Kier alpha value is -1.67. The molecule has 0 radical (unpaired) electrons. The number of benzene rings is 1. The van der Waals surface area contributed by atoms with E-state index in [9.17, 15) is 17.6 Å². The number of aryl methyl sites for hydroxylation is 1. The molecule has 25 heavy (non-hydrogen) atoms. The number of carbonyl (C=O) groups is 1. The molecular formula is C17H24FNO5S. The highest BCUT2D eigenvalue weighted by Gasteiger charge is 2.38. The fraction of sp³-hybridized carbons (Fsp3) is 0.588. The Bertz CT molecular complexity index is 712. The third-order valence-electron chi connectivity index (χ3n) is 3.72. The molecule has 6 nitrogen and oxygen atoms in total. The molecule has 0 aliphatic carbocycles. The summed E-state index contributed by atoms with van der Waals surface area (Å²) in [7, 11) is -3.97. The Morgan fingerprint density at radius 1 is 1.28 bits per heavy atom. The monoisotopic (exact) mass is 373 g/mol. The smallest absolute Gasteiger partial charge is 0.410 e. The second kappa shape index (κ2) is 7.29. The van der Waals surface area contributed by atoms with E-state index in [0.29, 0.717) is 0 Å². The Morgan fingerprint density at radius 3 is 2.44 bits per heavy atom. The molecule has 1 saturated heterocycles. The number of hydrogen-bond donors (Lipinski definition) is 0. The normalized spacial score (nSPS) is 21.4. The molecule has 1 heterocycles. The predicted octanol–water partition coefficient (Wildman–Crippen LogP) is 3.05. The van der Waals surface area contributed by atoms with Gasteiger partial charge in [0, 0.05) is 6.42 Å². The molecule has 0 bridgehead atoms. The Labute approximate surface area is 148 Å². The lowest BCUT2D eigenvalue weighted by Gasteiger charge is -2.28. The van der Waals surface area contributed by atoms with Gasteiger partial charge in [-0.05, 0) is 39.8 Å². The van der Waals surface area contributed by atoms with E-state index >= 15 is 0 Å². The van der Waals surface area contributed by atoms with E-state index in [1.54, 1.807) is 32.9 Å². The van der Waals surface area contributed by atoms with Gasteiger partial charge >= 0.3 is 6.09 Å². The molecule has 0 unspecified atom stereocenters. The van der Waals surface area contributed by atoms with Crippen LogP contribution in [0.3, 0.4) is 0 Å². The van der Waals surface area contributed by atoms with Crippen LogP contribution in [0.1, 0.15) is 32.8 Å². The molecule has 1 amide bonds. The van der Waals surface area contributed by atoms with Crippen LogP contribution in [0.5, 0.6) is 0 Å². The summed E-state index contributed by atoms with van der Waals surface area (Å²) in [5, 5.41) is 0. The standard InChI is InChI=1S/C17H24FNO5S/c1-12-5-7-15(8-6-12)25(21,22)23-11-14-9-13(18)10-19(14)16(20)24-17(2,3)4/h5-8,13-14H,9-11H2,1-4H3/t13-,14-/m0/s1. The second-order valence-corrected chi connectivity index (χ2v) is 8.79. The summed E-state index contributed by atoms with van der Waals surface area (Å²) in [6, 6.07) is 5.53. The Kier molecular flexibility index (Phi) is 5.73. The van der Waals surface area contributed by atoms with E-state index in [0.717, 1.165) is 5.56 Å². The van der Waals surface area contributed by atoms with Crippen LogP contribution >= 0.6 is 0 Å². The van der Waals surface area contributed by atoms with Crippen molar-refractivity contribution >= 4 is 16.2 Å². The van der Waals surface area contributed by atoms with Gasteiger partial charge in [0.15, 0.2) is 0 Å². The van der Waals surface area contributed by atoms with Gasteiger partial charge in [-0.15, -0.1) is 0 Å². The highest BCUT2D eigenvalue weighted by molar-refractivity contribution is 7.86. The number of likely N-dealkylation sites (tertiary alicyclic amines) is 1. The highest BCUT2D eigenvalue weighted by Crippen LogP contribution is 2.24. The summed E-state index contributed by atoms with van der Waals surface area (Å²) in [6.07, 6.45) is -1.89. The Balaban J connectivity index is 2.04. The summed E-state index contributed by atoms with van der Waals surface area (Å²) in [4.78, 5) is 13.4. The molecular weight excluding hydrogens is 349 g/mol. The van der Waals surface area contributed by atoms with Crippen LogP contribution in [0.4, 0.5) is 9.18 Å². The maximum absolute atomic E-state index is 13.7. The fourth-order valence-electron chi connectivity index (χ4n) is 2.50. The van der Waals surface area contributed by atoms with Gasteiger partial charge in [-0.25, -0.2) is 9.18 Å². The SMILES string of the molecule is Cc1ccc(S(=O)(=O)OC[C@@H]2C[C@H](F)CN2C(=O)OC(C)(C)C)cc1. The average molecular weight is 373 g/mol. The van der Waals surface area contributed by atoms with E-state index in [1.165, 1.54) is 17.0 Å². The largest absolute Gasteiger partial charge is 0.444 e. The van der Waals surface area contributed by atoms with Crippen molar-refractivity contribution in [3.63, 3.8) is 0 Å². The Morgan fingerprint density at radius 2 is 1.88 bits per heavy atom. The van der Waals surface area contributed by atoms with Crippen molar-refractivity contribution in [3.8, 4) is 0 Å². The third-order valence-corrected chi connectivity index (χ3v) is 5.01. The summed E-state index contributed by atoms with van der Waals surface area (Å²) in [5.41, 5.74) is 0.205. The molecule has 0 saturated carbocycles. The summed E-state index contributed by atoms with van der Waals surface area (Å²) in [6.45, 7) is 6.53. The maximum Gasteiger partial charge on any atom is 0.410 e. The van der Waals surface area contributed by atoms with Crippen LogP contribution < -0.4 is 0 Å². The van der Waals surface area contributed by atoms with Crippen LogP contribution in [-0.2, 0) is 19.0 Å². The first-order valence-corrected chi connectivity index (χ1v) is 9.48. The van der Waals surface area contributed by atoms with E-state index in [-0.39, 0.29) is 24.5 Å². The van der Waals surface area contributed by atoms with Gasteiger partial charge in [-0.2, -0.15) is 8.42 Å². The maximum atomic E-state index is 13.7. The number of halogens is 1. The zero-order valence-corrected chi connectivity index (χ0v) is 15.7. The van der Waals surface area contributed by atoms with Gasteiger partial charge < -0.3 is 4.74 Å². The molecule has 0 aromatic heterocycles. The molecule has 140 valence electrons. The van der Waals surface area contributed by atoms with Crippen LogP contribution in [0.15, 0.2) is 29.2 Å². The van der Waals surface area contributed by atoms with Gasteiger partial charge in [0.2, 0.25) is 0 Å². The zero-order chi connectivity index (χ0) is 18.8. The molecule has 1 aliphatic heterocycles. The van der Waals surface area contributed by atoms with Crippen LogP contribution in [-0.4, -0.2) is 50.4 Å². The lowest BCUT2D eigenvalue weighted by atomic mass is 10.2. The van der Waals surface area contributed by atoms with Crippen LogP contribution in [0.2, 0.25) is 0 Å². The number of alkyl halides is 1. The van der Waals surface area contributed by atoms with Crippen molar-refractivity contribution in [2.24, 2.45) is 0 Å².